The van der Waals surface area contributed by atoms with Crippen LogP contribution in [0.3, 0.4) is 0 Å². The lowest BCUT2D eigenvalue weighted by atomic mass is 9.99. The number of rotatable bonds is 5. The van der Waals surface area contributed by atoms with Crippen molar-refractivity contribution in [1.29, 1.82) is 0 Å². The van der Waals surface area contributed by atoms with Crippen molar-refractivity contribution in [2.45, 2.75) is 13.0 Å². The van der Waals surface area contributed by atoms with Gasteiger partial charge >= 0.3 is 5.97 Å². The molecule has 0 spiro atoms. The van der Waals surface area contributed by atoms with Crippen molar-refractivity contribution in [3.63, 3.8) is 0 Å². The molecule has 1 fully saturated rings. The van der Waals surface area contributed by atoms with Gasteiger partial charge in [-0.05, 0) is 42.3 Å². The third-order valence-corrected chi connectivity index (χ3v) is 4.66. The molecule has 1 aromatic carbocycles. The Bertz CT molecular complexity index is 728. The lowest BCUT2D eigenvalue weighted by Crippen LogP contribution is -2.49. The molecule has 2 aromatic rings. The fourth-order valence-electron chi connectivity index (χ4n) is 3.32. The van der Waals surface area contributed by atoms with E-state index in [4.69, 9.17) is 4.74 Å². The average Bonchev–Trinajstić information content (AvgIpc) is 2.64. The van der Waals surface area contributed by atoms with Crippen LogP contribution in [0.25, 0.3) is 0 Å². The highest BCUT2D eigenvalue weighted by Crippen LogP contribution is 2.28. The molecule has 0 radical (unpaired) electrons. The van der Waals surface area contributed by atoms with Gasteiger partial charge in [-0.3, -0.25) is 9.69 Å². The van der Waals surface area contributed by atoms with Gasteiger partial charge in [0.05, 0.1) is 7.11 Å². The molecule has 1 saturated heterocycles. The van der Waals surface area contributed by atoms with Crippen LogP contribution >= 0.6 is 0 Å². The molecule has 1 aliphatic heterocycles. The SMILES string of the molecule is COc1ccc([C@@H](C(=O)O)N2CCN(c3ccccn3)CC2)c(C)c1. The van der Waals surface area contributed by atoms with E-state index in [1.807, 2.05) is 48.2 Å². The summed E-state index contributed by atoms with van der Waals surface area (Å²) in [5.41, 5.74) is 1.75. The number of aryl methyl sites for hydroxylation is 1. The molecule has 0 bridgehead atoms. The molecule has 0 saturated carbocycles. The van der Waals surface area contributed by atoms with E-state index >= 15 is 0 Å². The van der Waals surface area contributed by atoms with Crippen molar-refractivity contribution >= 4 is 11.8 Å². The first-order chi connectivity index (χ1) is 12.1. The fraction of sp³-hybridized carbons (Fsp3) is 0.368. The molecular weight excluding hydrogens is 318 g/mol. The van der Waals surface area contributed by atoms with E-state index < -0.39 is 12.0 Å². The molecule has 0 aliphatic carbocycles. The van der Waals surface area contributed by atoms with E-state index in [1.54, 1.807) is 13.3 Å². The Labute approximate surface area is 147 Å². The third-order valence-electron chi connectivity index (χ3n) is 4.66. The quantitative estimate of drug-likeness (QED) is 0.900. The van der Waals surface area contributed by atoms with Crippen LogP contribution < -0.4 is 9.64 Å². The van der Waals surface area contributed by atoms with Gasteiger partial charge in [-0.1, -0.05) is 12.1 Å². The molecule has 3 rings (SSSR count). The predicted molar refractivity (Wildman–Crippen MR) is 96.1 cm³/mol. The van der Waals surface area contributed by atoms with E-state index in [0.29, 0.717) is 13.1 Å². The van der Waals surface area contributed by atoms with Crippen molar-refractivity contribution in [2.75, 3.05) is 38.2 Å². The van der Waals surface area contributed by atoms with Crippen molar-refractivity contribution < 1.29 is 14.6 Å². The summed E-state index contributed by atoms with van der Waals surface area (Å²) in [4.78, 5) is 20.5. The smallest absolute Gasteiger partial charge is 0.325 e. The highest BCUT2D eigenvalue weighted by atomic mass is 16.5. The first kappa shape index (κ1) is 17.2. The minimum absolute atomic E-state index is 0.642. The third kappa shape index (κ3) is 3.74. The molecule has 6 nitrogen and oxygen atoms in total. The molecular formula is C19H23N3O3. The van der Waals surface area contributed by atoms with Crippen LogP contribution in [0.2, 0.25) is 0 Å². The van der Waals surface area contributed by atoms with Gasteiger partial charge in [0.25, 0.3) is 0 Å². The molecule has 6 heteroatoms. The van der Waals surface area contributed by atoms with Crippen LogP contribution in [0.15, 0.2) is 42.6 Å². The van der Waals surface area contributed by atoms with E-state index in [1.165, 1.54) is 0 Å². The number of pyridine rings is 1. The van der Waals surface area contributed by atoms with E-state index in [9.17, 15) is 9.90 Å². The Hall–Kier alpha value is -2.60. The summed E-state index contributed by atoms with van der Waals surface area (Å²) in [7, 11) is 1.61. The van der Waals surface area contributed by atoms with Crippen LogP contribution in [0.5, 0.6) is 5.75 Å². The van der Waals surface area contributed by atoms with Crippen molar-refractivity contribution in [3.05, 3.63) is 53.7 Å². The second-order valence-corrected chi connectivity index (χ2v) is 6.17. The molecule has 2 heterocycles. The number of carboxylic acids is 1. The zero-order chi connectivity index (χ0) is 17.8. The van der Waals surface area contributed by atoms with Crippen LogP contribution in [0.4, 0.5) is 5.82 Å². The van der Waals surface area contributed by atoms with Gasteiger partial charge in [0.15, 0.2) is 0 Å². The maximum atomic E-state index is 12.0. The number of benzene rings is 1. The standard InChI is InChI=1S/C19H23N3O3/c1-14-13-15(25-2)6-7-16(14)18(19(23)24)22-11-9-21(10-12-22)17-5-3-4-8-20-17/h3-8,13,18H,9-12H2,1-2H3,(H,23,24)/t18-/m0/s1. The molecule has 1 aromatic heterocycles. The summed E-state index contributed by atoms with van der Waals surface area (Å²) in [5, 5.41) is 9.81. The Kier molecular flexibility index (Phi) is 5.19. The van der Waals surface area contributed by atoms with Crippen LogP contribution in [-0.4, -0.2) is 54.2 Å². The van der Waals surface area contributed by atoms with Crippen LogP contribution in [-0.2, 0) is 4.79 Å². The van der Waals surface area contributed by atoms with Crippen molar-refractivity contribution in [2.24, 2.45) is 0 Å². The molecule has 0 unspecified atom stereocenters. The lowest BCUT2D eigenvalue weighted by molar-refractivity contribution is -0.143. The van der Waals surface area contributed by atoms with Gasteiger partial charge in [-0.15, -0.1) is 0 Å². The number of carboxylic acid groups (broad SMARTS) is 1. The summed E-state index contributed by atoms with van der Waals surface area (Å²) < 4.78 is 5.22. The van der Waals surface area contributed by atoms with Crippen molar-refractivity contribution in [3.8, 4) is 5.75 Å². The van der Waals surface area contributed by atoms with E-state index in [2.05, 4.69) is 9.88 Å². The Morgan fingerprint density at radius 3 is 2.52 bits per heavy atom. The summed E-state index contributed by atoms with van der Waals surface area (Å²) in [5.74, 6) is 0.861. The van der Waals surface area contributed by atoms with Gasteiger partial charge in [0.1, 0.15) is 17.6 Å². The number of piperazine rings is 1. The van der Waals surface area contributed by atoms with E-state index in [0.717, 1.165) is 35.8 Å². The normalized spacial score (nSPS) is 16.5. The first-order valence-corrected chi connectivity index (χ1v) is 8.37. The maximum absolute atomic E-state index is 12.0. The number of methoxy groups -OCH3 is 1. The number of hydrogen-bond donors (Lipinski definition) is 1. The molecule has 1 atom stereocenters. The zero-order valence-electron chi connectivity index (χ0n) is 14.6. The molecule has 1 N–H and O–H groups in total. The summed E-state index contributed by atoms with van der Waals surface area (Å²) in [6.07, 6.45) is 1.78. The summed E-state index contributed by atoms with van der Waals surface area (Å²) >= 11 is 0. The van der Waals surface area contributed by atoms with Gasteiger partial charge in [-0.2, -0.15) is 0 Å². The second-order valence-electron chi connectivity index (χ2n) is 6.17. The summed E-state index contributed by atoms with van der Waals surface area (Å²) in [6.45, 7) is 4.81. The van der Waals surface area contributed by atoms with Crippen LogP contribution in [0, 0.1) is 6.92 Å². The monoisotopic (exact) mass is 341 g/mol. The highest BCUT2D eigenvalue weighted by molar-refractivity contribution is 5.76. The Morgan fingerprint density at radius 2 is 1.96 bits per heavy atom. The van der Waals surface area contributed by atoms with Crippen molar-refractivity contribution in [1.82, 2.24) is 9.88 Å². The number of aliphatic carboxylic acids is 1. The number of nitrogens with zero attached hydrogens (tertiary/aromatic N) is 3. The molecule has 0 amide bonds. The fourth-order valence-corrected chi connectivity index (χ4v) is 3.32. The topological polar surface area (TPSA) is 65.9 Å². The first-order valence-electron chi connectivity index (χ1n) is 8.37. The second kappa shape index (κ2) is 7.53. The summed E-state index contributed by atoms with van der Waals surface area (Å²) in [6, 6.07) is 10.8. The van der Waals surface area contributed by atoms with Gasteiger partial charge in [0, 0.05) is 32.4 Å². The maximum Gasteiger partial charge on any atom is 0.325 e. The number of aromatic nitrogens is 1. The van der Waals surface area contributed by atoms with Gasteiger partial charge in [-0.25, -0.2) is 4.98 Å². The zero-order valence-corrected chi connectivity index (χ0v) is 14.6. The molecule has 1 aliphatic rings. The number of carbonyl (C=O) groups is 1. The van der Waals surface area contributed by atoms with Gasteiger partial charge in [0.2, 0.25) is 0 Å². The minimum atomic E-state index is -0.820. The predicted octanol–water partition coefficient (Wildman–Crippen LogP) is 2.35. The number of anilines is 1. The average molecular weight is 341 g/mol. The largest absolute Gasteiger partial charge is 0.497 e. The highest BCUT2D eigenvalue weighted by Gasteiger charge is 2.31. The molecule has 132 valence electrons. The Balaban J connectivity index is 1.76. The number of hydrogen-bond acceptors (Lipinski definition) is 5. The Morgan fingerprint density at radius 1 is 1.20 bits per heavy atom. The van der Waals surface area contributed by atoms with Crippen LogP contribution in [0.1, 0.15) is 17.2 Å². The van der Waals surface area contributed by atoms with E-state index in [-0.39, 0.29) is 0 Å². The lowest BCUT2D eigenvalue weighted by Gasteiger charge is -2.38. The van der Waals surface area contributed by atoms with Gasteiger partial charge < -0.3 is 14.7 Å². The minimum Gasteiger partial charge on any atom is -0.497 e. The number of ether oxygens (including phenoxy) is 1. The molecule has 25 heavy (non-hydrogen) atoms.